The molecule has 0 aromatic heterocycles. The van der Waals surface area contributed by atoms with Crippen molar-refractivity contribution in [3.8, 4) is 22.6 Å². The summed E-state index contributed by atoms with van der Waals surface area (Å²) in [4.78, 5) is 0. The van der Waals surface area contributed by atoms with E-state index in [0.29, 0.717) is 17.7 Å². The first kappa shape index (κ1) is 23.1. The Morgan fingerprint density at radius 3 is 1.81 bits per heavy atom. The van der Waals surface area contributed by atoms with Crippen molar-refractivity contribution >= 4 is 0 Å². The molecule has 3 rings (SSSR count). The number of benzene rings is 3. The minimum Gasteiger partial charge on any atom is -0.453 e. The van der Waals surface area contributed by atoms with Gasteiger partial charge < -0.3 is 9.47 Å². The van der Waals surface area contributed by atoms with Crippen molar-refractivity contribution in [3.05, 3.63) is 95.3 Å². The van der Waals surface area contributed by atoms with Crippen LogP contribution >= 0.6 is 0 Å². The monoisotopic (exact) mass is 460 g/mol. The molecule has 0 saturated carbocycles. The van der Waals surface area contributed by atoms with Gasteiger partial charge in [0.1, 0.15) is 22.9 Å². The van der Waals surface area contributed by atoms with E-state index < -0.39 is 52.5 Å². The van der Waals surface area contributed by atoms with E-state index in [1.165, 1.54) is 12.1 Å². The number of hydrogen-bond donors (Lipinski definition) is 0. The maximum Gasteiger partial charge on any atom is 0.432 e. The van der Waals surface area contributed by atoms with Gasteiger partial charge in [-0.25, -0.2) is 17.6 Å². The summed E-state index contributed by atoms with van der Waals surface area (Å²) in [6.45, 7) is 1.78. The molecule has 0 N–H and O–H groups in total. The van der Waals surface area contributed by atoms with E-state index in [1.54, 1.807) is 19.1 Å². The van der Waals surface area contributed by atoms with Gasteiger partial charge >= 0.3 is 12.2 Å². The first-order chi connectivity index (χ1) is 15.0. The van der Waals surface area contributed by atoms with Crippen molar-refractivity contribution in [2.24, 2.45) is 0 Å². The summed E-state index contributed by atoms with van der Waals surface area (Å²) in [5, 5.41) is 0. The highest BCUT2D eigenvalue weighted by Gasteiger charge is 2.41. The Balaban J connectivity index is 1.93. The van der Waals surface area contributed by atoms with E-state index in [4.69, 9.17) is 0 Å². The Kier molecular flexibility index (Phi) is 6.42. The van der Waals surface area contributed by atoms with Crippen LogP contribution < -0.4 is 9.47 Å². The van der Waals surface area contributed by atoms with Crippen LogP contribution in [0.5, 0.6) is 11.5 Å². The number of rotatable bonds is 6. The third-order valence-corrected chi connectivity index (χ3v) is 4.20. The molecule has 3 aromatic carbocycles. The Morgan fingerprint density at radius 2 is 1.31 bits per heavy atom. The van der Waals surface area contributed by atoms with Crippen LogP contribution in [0.1, 0.15) is 11.1 Å². The smallest absolute Gasteiger partial charge is 0.432 e. The van der Waals surface area contributed by atoms with Crippen LogP contribution in [0.25, 0.3) is 11.1 Å². The van der Waals surface area contributed by atoms with E-state index in [0.717, 1.165) is 5.56 Å². The molecule has 0 heterocycles. The van der Waals surface area contributed by atoms with Crippen molar-refractivity contribution in [3.63, 3.8) is 0 Å². The van der Waals surface area contributed by atoms with Crippen LogP contribution in [0.3, 0.4) is 0 Å². The fourth-order valence-electron chi connectivity index (χ4n) is 2.77. The lowest BCUT2D eigenvalue weighted by molar-refractivity contribution is -0.189. The number of aryl methyl sites for hydroxylation is 1. The summed E-state index contributed by atoms with van der Waals surface area (Å²) in [6, 6.07) is 8.09. The molecule has 0 aliphatic heterocycles. The average molecular weight is 460 g/mol. The molecule has 10 heteroatoms. The largest absolute Gasteiger partial charge is 0.453 e. The van der Waals surface area contributed by atoms with Gasteiger partial charge in [-0.2, -0.15) is 17.6 Å². The molecular weight excluding hydrogens is 448 g/mol. The van der Waals surface area contributed by atoms with Gasteiger partial charge in [-0.15, -0.1) is 0 Å². The molecule has 2 nitrogen and oxygen atoms in total. The van der Waals surface area contributed by atoms with Gasteiger partial charge in [0, 0.05) is 12.1 Å². The molecule has 0 bridgehead atoms. The molecule has 0 radical (unpaired) electrons. The van der Waals surface area contributed by atoms with Gasteiger partial charge in [-0.1, -0.05) is 29.8 Å². The summed E-state index contributed by atoms with van der Waals surface area (Å²) in [5.74, 6) is -9.12. The Morgan fingerprint density at radius 1 is 0.781 bits per heavy atom. The molecule has 0 spiro atoms. The zero-order valence-electron chi connectivity index (χ0n) is 16.0. The predicted octanol–water partition coefficient (Wildman–Crippen LogP) is 7.46. The van der Waals surface area contributed by atoms with Gasteiger partial charge in [0.05, 0.1) is 0 Å². The molecule has 3 aromatic rings. The van der Waals surface area contributed by atoms with Crippen molar-refractivity contribution in [1.29, 1.82) is 0 Å². The maximum atomic E-state index is 14.5. The van der Waals surface area contributed by atoms with Crippen LogP contribution in [0.4, 0.5) is 35.1 Å². The third kappa shape index (κ3) is 5.01. The number of halogens is 8. The fourth-order valence-corrected chi connectivity index (χ4v) is 2.77. The number of ether oxygens (including phenoxy) is 2. The van der Waals surface area contributed by atoms with Crippen LogP contribution in [-0.2, 0) is 6.11 Å². The highest BCUT2D eigenvalue weighted by molar-refractivity contribution is 5.64. The zero-order valence-corrected chi connectivity index (χ0v) is 16.0. The minimum absolute atomic E-state index is 0.0220. The van der Waals surface area contributed by atoms with Crippen molar-refractivity contribution in [2.45, 2.75) is 13.0 Å². The Bertz CT molecular complexity index is 1120. The third-order valence-electron chi connectivity index (χ3n) is 4.20. The fraction of sp³-hybridized carbons (Fsp3) is 0.0909. The normalized spacial score (nSPS) is 11.3. The molecule has 0 aliphatic rings. The second-order valence-corrected chi connectivity index (χ2v) is 6.54. The number of hydrogen-bond acceptors (Lipinski definition) is 2. The predicted molar refractivity (Wildman–Crippen MR) is 98.3 cm³/mol. The molecule has 0 unspecified atom stereocenters. The van der Waals surface area contributed by atoms with Gasteiger partial charge in [0.25, 0.3) is 0 Å². The molecule has 0 fully saturated rings. The molecule has 0 saturated heterocycles. The molecular formula is C22H12F8O2. The zero-order chi connectivity index (χ0) is 23.6. The first-order valence-electron chi connectivity index (χ1n) is 8.78. The SMILES string of the molecule is Cc1ccc(-c2cc(F)c(C(F)(F)Oc3cc(F)c(OC=C(F)F)c(F)c3)c(F)c2)cc1. The lowest BCUT2D eigenvalue weighted by atomic mass is 10.0. The van der Waals surface area contributed by atoms with Gasteiger partial charge in [0.2, 0.25) is 0 Å². The van der Waals surface area contributed by atoms with E-state index in [2.05, 4.69) is 9.47 Å². The van der Waals surface area contributed by atoms with Gasteiger partial charge in [0.15, 0.2) is 23.6 Å². The Labute approximate surface area is 176 Å². The molecule has 168 valence electrons. The van der Waals surface area contributed by atoms with Crippen LogP contribution in [0.15, 0.2) is 60.9 Å². The summed E-state index contributed by atoms with van der Waals surface area (Å²) in [5.41, 5.74) is -0.570. The second kappa shape index (κ2) is 8.89. The van der Waals surface area contributed by atoms with E-state index in [1.807, 2.05) is 0 Å². The first-order valence-corrected chi connectivity index (χ1v) is 8.78. The van der Waals surface area contributed by atoms with E-state index in [-0.39, 0.29) is 24.0 Å². The van der Waals surface area contributed by atoms with Crippen molar-refractivity contribution in [2.75, 3.05) is 0 Å². The van der Waals surface area contributed by atoms with Crippen LogP contribution in [0.2, 0.25) is 0 Å². The minimum atomic E-state index is -4.67. The molecule has 0 amide bonds. The van der Waals surface area contributed by atoms with Crippen LogP contribution in [-0.4, -0.2) is 0 Å². The lowest BCUT2D eigenvalue weighted by Crippen LogP contribution is -2.25. The molecule has 0 aliphatic carbocycles. The highest BCUT2D eigenvalue weighted by Crippen LogP contribution is 2.38. The summed E-state index contributed by atoms with van der Waals surface area (Å²) >= 11 is 0. The molecule has 0 atom stereocenters. The summed E-state index contributed by atoms with van der Waals surface area (Å²) in [6.07, 6.45) is -7.35. The average Bonchev–Trinajstić information content (AvgIpc) is 2.66. The quantitative estimate of drug-likeness (QED) is 0.281. The summed E-state index contributed by atoms with van der Waals surface area (Å²) < 4.78 is 118. The summed E-state index contributed by atoms with van der Waals surface area (Å²) in [7, 11) is 0. The standard InChI is InChI=1S/C22H12F8O2/c1-11-2-4-12(5-3-11)13-6-15(23)20(16(24)7-13)22(29,30)32-14-8-17(25)21(18(26)9-14)31-10-19(27)28/h2-10H,1H3. The number of alkyl halides is 2. The van der Waals surface area contributed by atoms with Crippen LogP contribution in [0, 0.1) is 30.2 Å². The molecule has 32 heavy (non-hydrogen) atoms. The van der Waals surface area contributed by atoms with Crippen molar-refractivity contribution < 1.29 is 44.6 Å². The second-order valence-electron chi connectivity index (χ2n) is 6.54. The Hall–Kier alpha value is -3.56. The van der Waals surface area contributed by atoms with Gasteiger partial charge in [-0.05, 0) is 30.2 Å². The van der Waals surface area contributed by atoms with Crippen molar-refractivity contribution in [1.82, 2.24) is 0 Å². The topological polar surface area (TPSA) is 18.5 Å². The van der Waals surface area contributed by atoms with E-state index in [9.17, 15) is 35.1 Å². The van der Waals surface area contributed by atoms with Gasteiger partial charge in [-0.3, -0.25) is 0 Å². The van der Waals surface area contributed by atoms with E-state index >= 15 is 0 Å². The maximum absolute atomic E-state index is 14.5. The lowest BCUT2D eigenvalue weighted by Gasteiger charge is -2.20. The highest BCUT2D eigenvalue weighted by atomic mass is 19.3.